The van der Waals surface area contributed by atoms with E-state index in [2.05, 4.69) is 5.32 Å². The third-order valence-corrected chi connectivity index (χ3v) is 6.64. The zero-order valence-electron chi connectivity index (χ0n) is 17.2. The molecule has 0 aromatic heterocycles. The molecule has 3 aromatic rings. The Morgan fingerprint density at radius 1 is 1.03 bits per heavy atom. The molecule has 31 heavy (non-hydrogen) atoms. The third kappa shape index (κ3) is 6.07. The molecule has 0 unspecified atom stereocenters. The lowest BCUT2D eigenvalue weighted by Crippen LogP contribution is -2.26. The van der Waals surface area contributed by atoms with E-state index in [1.165, 1.54) is 23.5 Å². The van der Waals surface area contributed by atoms with Crippen LogP contribution in [0.4, 0.5) is 5.69 Å². The minimum Gasteiger partial charge on any atom is -0.483 e. The van der Waals surface area contributed by atoms with Gasteiger partial charge in [-0.1, -0.05) is 41.9 Å². The molecule has 0 spiro atoms. The SMILES string of the molecule is Cc1cc(Cl)ccc1OCC(=O)Nc1ccc(S(=O)(=O)N(C)Cc2ccccc2)cc1. The Labute approximate surface area is 187 Å². The maximum absolute atomic E-state index is 12.8. The van der Waals surface area contributed by atoms with Crippen molar-refractivity contribution in [1.82, 2.24) is 4.31 Å². The number of amides is 1. The van der Waals surface area contributed by atoms with Crippen LogP contribution < -0.4 is 10.1 Å². The first kappa shape index (κ1) is 22.8. The highest BCUT2D eigenvalue weighted by Crippen LogP contribution is 2.22. The molecule has 1 N–H and O–H groups in total. The molecule has 0 bridgehead atoms. The first-order chi connectivity index (χ1) is 14.8. The predicted octanol–water partition coefficient (Wildman–Crippen LogP) is 4.49. The molecule has 162 valence electrons. The van der Waals surface area contributed by atoms with Gasteiger partial charge in [0, 0.05) is 24.3 Å². The summed E-state index contributed by atoms with van der Waals surface area (Å²) in [5, 5.41) is 3.29. The van der Waals surface area contributed by atoms with Crippen LogP contribution in [0.15, 0.2) is 77.7 Å². The van der Waals surface area contributed by atoms with Gasteiger partial charge in [-0.3, -0.25) is 4.79 Å². The number of aryl methyl sites for hydroxylation is 1. The highest BCUT2D eigenvalue weighted by atomic mass is 35.5. The summed E-state index contributed by atoms with van der Waals surface area (Å²) in [4.78, 5) is 12.3. The van der Waals surface area contributed by atoms with Gasteiger partial charge in [-0.25, -0.2) is 8.42 Å². The van der Waals surface area contributed by atoms with E-state index in [0.29, 0.717) is 16.5 Å². The molecule has 0 atom stereocenters. The lowest BCUT2D eigenvalue weighted by atomic mass is 10.2. The number of benzene rings is 3. The molecule has 6 nitrogen and oxygen atoms in total. The predicted molar refractivity (Wildman–Crippen MR) is 122 cm³/mol. The molecule has 0 fully saturated rings. The first-order valence-electron chi connectivity index (χ1n) is 9.55. The minimum atomic E-state index is -3.65. The molecular formula is C23H23ClN2O4S. The first-order valence-corrected chi connectivity index (χ1v) is 11.4. The van der Waals surface area contributed by atoms with Crippen LogP contribution in [0.5, 0.6) is 5.75 Å². The number of nitrogens with zero attached hydrogens (tertiary/aromatic N) is 1. The Bertz CT molecular complexity index is 1150. The zero-order valence-corrected chi connectivity index (χ0v) is 18.8. The number of nitrogens with one attached hydrogen (secondary N) is 1. The van der Waals surface area contributed by atoms with Crippen LogP contribution >= 0.6 is 11.6 Å². The van der Waals surface area contributed by atoms with Crippen molar-refractivity contribution in [2.75, 3.05) is 19.0 Å². The van der Waals surface area contributed by atoms with Gasteiger partial charge in [0.2, 0.25) is 10.0 Å². The van der Waals surface area contributed by atoms with Gasteiger partial charge in [-0.05, 0) is 60.5 Å². The molecule has 1 amide bonds. The quantitative estimate of drug-likeness (QED) is 0.539. The van der Waals surface area contributed by atoms with Crippen molar-refractivity contribution >= 4 is 33.2 Å². The van der Waals surface area contributed by atoms with Gasteiger partial charge >= 0.3 is 0 Å². The number of sulfonamides is 1. The fourth-order valence-electron chi connectivity index (χ4n) is 2.93. The summed E-state index contributed by atoms with van der Waals surface area (Å²) in [6.45, 7) is 1.93. The summed E-state index contributed by atoms with van der Waals surface area (Å²) in [6, 6.07) is 20.5. The minimum absolute atomic E-state index is 0.150. The highest BCUT2D eigenvalue weighted by molar-refractivity contribution is 7.89. The molecule has 0 heterocycles. The van der Waals surface area contributed by atoms with Crippen LogP contribution in [0.2, 0.25) is 5.02 Å². The van der Waals surface area contributed by atoms with E-state index in [0.717, 1.165) is 11.1 Å². The average molecular weight is 459 g/mol. The van der Waals surface area contributed by atoms with E-state index in [9.17, 15) is 13.2 Å². The van der Waals surface area contributed by atoms with Crippen molar-refractivity contribution in [2.45, 2.75) is 18.4 Å². The molecular weight excluding hydrogens is 436 g/mol. The number of ether oxygens (including phenoxy) is 1. The van der Waals surface area contributed by atoms with Crippen molar-refractivity contribution in [3.05, 3.63) is 88.9 Å². The molecule has 0 aliphatic rings. The van der Waals surface area contributed by atoms with E-state index in [1.54, 1.807) is 30.3 Å². The molecule has 0 saturated heterocycles. The van der Waals surface area contributed by atoms with Gasteiger partial charge < -0.3 is 10.1 Å². The van der Waals surface area contributed by atoms with Crippen molar-refractivity contribution in [3.63, 3.8) is 0 Å². The van der Waals surface area contributed by atoms with Crippen LogP contribution in [0.1, 0.15) is 11.1 Å². The number of carbonyl (C=O) groups excluding carboxylic acids is 1. The lowest BCUT2D eigenvalue weighted by Gasteiger charge is -2.17. The largest absolute Gasteiger partial charge is 0.483 e. The second-order valence-corrected chi connectivity index (χ2v) is 9.50. The summed E-state index contributed by atoms with van der Waals surface area (Å²) in [7, 11) is -2.12. The van der Waals surface area contributed by atoms with Crippen LogP contribution in [0.3, 0.4) is 0 Å². The summed E-state index contributed by atoms with van der Waals surface area (Å²) < 4.78 is 32.4. The smallest absolute Gasteiger partial charge is 0.262 e. The topological polar surface area (TPSA) is 75.7 Å². The number of anilines is 1. The third-order valence-electron chi connectivity index (χ3n) is 4.59. The monoisotopic (exact) mass is 458 g/mol. The van der Waals surface area contributed by atoms with Crippen molar-refractivity contribution < 1.29 is 17.9 Å². The second kappa shape index (κ2) is 9.96. The Morgan fingerprint density at radius 3 is 2.35 bits per heavy atom. The standard InChI is InChI=1S/C23H23ClN2O4S/c1-17-14-19(24)8-13-22(17)30-16-23(27)25-20-9-11-21(12-10-20)31(28,29)26(2)15-18-6-4-3-5-7-18/h3-14H,15-16H2,1-2H3,(H,25,27). The Balaban J connectivity index is 1.59. The summed E-state index contributed by atoms with van der Waals surface area (Å²) in [6.07, 6.45) is 0. The fourth-order valence-corrected chi connectivity index (χ4v) is 4.32. The maximum atomic E-state index is 12.8. The Hall–Kier alpha value is -2.87. The summed E-state index contributed by atoms with van der Waals surface area (Å²) >= 11 is 5.91. The number of rotatable bonds is 8. The fraction of sp³-hybridized carbons (Fsp3) is 0.174. The number of hydrogen-bond donors (Lipinski definition) is 1. The van der Waals surface area contributed by atoms with E-state index in [1.807, 2.05) is 37.3 Å². The summed E-state index contributed by atoms with van der Waals surface area (Å²) in [5.41, 5.74) is 2.20. The molecule has 3 rings (SSSR count). The lowest BCUT2D eigenvalue weighted by molar-refractivity contribution is -0.118. The zero-order chi connectivity index (χ0) is 22.4. The van der Waals surface area contributed by atoms with E-state index in [4.69, 9.17) is 16.3 Å². The second-order valence-electron chi connectivity index (χ2n) is 7.02. The van der Waals surface area contributed by atoms with Crippen molar-refractivity contribution in [1.29, 1.82) is 0 Å². The number of hydrogen-bond acceptors (Lipinski definition) is 4. The average Bonchev–Trinajstić information content (AvgIpc) is 2.74. The Kier molecular flexibility index (Phi) is 7.33. The van der Waals surface area contributed by atoms with Crippen LogP contribution in [0.25, 0.3) is 0 Å². The molecule has 0 radical (unpaired) electrons. The highest BCUT2D eigenvalue weighted by Gasteiger charge is 2.21. The van der Waals surface area contributed by atoms with Crippen LogP contribution in [-0.2, 0) is 21.4 Å². The molecule has 0 aliphatic carbocycles. The number of halogens is 1. The van der Waals surface area contributed by atoms with Gasteiger partial charge in [0.05, 0.1) is 4.90 Å². The normalized spacial score (nSPS) is 11.4. The van der Waals surface area contributed by atoms with Crippen molar-refractivity contribution in [3.8, 4) is 5.75 Å². The van der Waals surface area contributed by atoms with Crippen LogP contribution in [0, 0.1) is 6.92 Å². The summed E-state index contributed by atoms with van der Waals surface area (Å²) in [5.74, 6) is 0.216. The Morgan fingerprint density at radius 2 is 1.71 bits per heavy atom. The molecule has 0 saturated carbocycles. The van der Waals surface area contributed by atoms with Gasteiger partial charge in [0.15, 0.2) is 6.61 Å². The van der Waals surface area contributed by atoms with Gasteiger partial charge in [0.25, 0.3) is 5.91 Å². The maximum Gasteiger partial charge on any atom is 0.262 e. The van der Waals surface area contributed by atoms with E-state index < -0.39 is 10.0 Å². The molecule has 0 aliphatic heterocycles. The van der Waals surface area contributed by atoms with Gasteiger partial charge in [-0.2, -0.15) is 4.31 Å². The van der Waals surface area contributed by atoms with Crippen LogP contribution in [-0.4, -0.2) is 32.3 Å². The number of carbonyl (C=O) groups is 1. The van der Waals surface area contributed by atoms with Crippen molar-refractivity contribution in [2.24, 2.45) is 0 Å². The van der Waals surface area contributed by atoms with Gasteiger partial charge in [0.1, 0.15) is 5.75 Å². The molecule has 3 aromatic carbocycles. The van der Waals surface area contributed by atoms with Gasteiger partial charge in [-0.15, -0.1) is 0 Å². The van der Waals surface area contributed by atoms with E-state index in [-0.39, 0.29) is 24.0 Å². The van der Waals surface area contributed by atoms with E-state index >= 15 is 0 Å². The molecule has 8 heteroatoms.